The van der Waals surface area contributed by atoms with Gasteiger partial charge in [-0.05, 0) is 29.1 Å². The Hall–Kier alpha value is -3.49. The molecule has 2 aromatic rings. The molecule has 10 nitrogen and oxygen atoms in total. The quantitative estimate of drug-likeness (QED) is 0.377. The van der Waals surface area contributed by atoms with Gasteiger partial charge in [0.15, 0.2) is 0 Å². The molecule has 2 heterocycles. The first kappa shape index (κ1) is 24.2. The average molecular weight is 480 g/mol. The largest absolute Gasteiger partial charge is 0.416 e. The second-order valence-electron chi connectivity index (χ2n) is 7.84. The summed E-state index contributed by atoms with van der Waals surface area (Å²) in [5.41, 5.74) is 0.598. The number of halogens is 3. The molecule has 0 amide bonds. The maximum absolute atomic E-state index is 13.2. The van der Waals surface area contributed by atoms with Crippen LogP contribution in [0.3, 0.4) is 0 Å². The first-order valence-electron chi connectivity index (χ1n) is 9.40. The van der Waals surface area contributed by atoms with E-state index in [2.05, 4.69) is 33.7 Å². The van der Waals surface area contributed by atoms with Crippen LogP contribution in [-0.4, -0.2) is 32.6 Å². The van der Waals surface area contributed by atoms with Crippen LogP contribution in [0.1, 0.15) is 26.3 Å². The number of alkyl halides is 2. The van der Waals surface area contributed by atoms with E-state index in [-0.39, 0.29) is 40.4 Å². The van der Waals surface area contributed by atoms with Gasteiger partial charge in [0, 0.05) is 24.2 Å². The number of rotatable bonds is 5. The van der Waals surface area contributed by atoms with Crippen LogP contribution in [0.5, 0.6) is 0 Å². The maximum atomic E-state index is 13.2. The van der Waals surface area contributed by atoms with E-state index in [1.807, 2.05) is 25.7 Å². The van der Waals surface area contributed by atoms with Crippen molar-refractivity contribution in [2.75, 3.05) is 11.9 Å². The van der Waals surface area contributed by atoms with Gasteiger partial charge < -0.3 is 14.6 Å². The molecule has 0 aliphatic carbocycles. The third kappa shape index (κ3) is 3.92. The van der Waals surface area contributed by atoms with Gasteiger partial charge in [-0.2, -0.15) is 13.1 Å². The van der Waals surface area contributed by atoms with Crippen molar-refractivity contribution in [1.29, 1.82) is 0 Å². The molecular formula is C19H19F3N8O2S. The van der Waals surface area contributed by atoms with Crippen molar-refractivity contribution in [2.24, 2.45) is 21.6 Å². The predicted molar refractivity (Wildman–Crippen MR) is 116 cm³/mol. The molecule has 0 saturated carbocycles. The lowest BCUT2D eigenvalue weighted by Gasteiger charge is -2.28. The molecule has 174 valence electrons. The summed E-state index contributed by atoms with van der Waals surface area (Å²) in [5, 5.41) is 7.93. The summed E-state index contributed by atoms with van der Waals surface area (Å²) in [6.07, 6.45) is 0. The number of aromatic nitrogens is 2. The summed E-state index contributed by atoms with van der Waals surface area (Å²) in [7, 11) is -1.74. The van der Waals surface area contributed by atoms with Gasteiger partial charge in [0.05, 0.1) is 7.05 Å². The van der Waals surface area contributed by atoms with E-state index in [9.17, 15) is 17.5 Å². The Bertz CT molecular complexity index is 1350. The molecule has 2 unspecified atom stereocenters. The summed E-state index contributed by atoms with van der Waals surface area (Å²) >= 11 is 0. The molecule has 0 radical (unpaired) electrons. The zero-order chi connectivity index (χ0) is 24.7. The topological polar surface area (TPSA) is 93.2 Å². The molecular weight excluding hydrogens is 461 g/mol. The van der Waals surface area contributed by atoms with Gasteiger partial charge in [0.25, 0.3) is 21.6 Å². The van der Waals surface area contributed by atoms with Crippen molar-refractivity contribution in [2.45, 2.75) is 38.0 Å². The number of hydrogen-bond donors (Lipinski definition) is 0. The number of nitrogens with zero attached hydrogens (tertiary/aromatic N) is 8. The molecule has 0 fully saturated rings. The summed E-state index contributed by atoms with van der Waals surface area (Å²) in [5.74, 6) is -4.05. The highest BCUT2D eigenvalue weighted by atomic mass is 32.2. The zero-order valence-electron chi connectivity index (χ0n) is 18.2. The van der Waals surface area contributed by atoms with Gasteiger partial charge >= 0.3 is 11.7 Å². The van der Waals surface area contributed by atoms with Gasteiger partial charge in [-0.1, -0.05) is 41.5 Å². The highest BCUT2D eigenvalue weighted by molar-refractivity contribution is 7.89. The van der Waals surface area contributed by atoms with Crippen molar-refractivity contribution >= 4 is 44.7 Å². The highest BCUT2D eigenvalue weighted by Gasteiger charge is 2.41. The fourth-order valence-electron chi connectivity index (χ4n) is 3.52. The summed E-state index contributed by atoms with van der Waals surface area (Å²) in [6.45, 7) is 20.2. The standard InChI is InChI=1S/C19H19F3N8O2S/c1-10-19(2,3)11-8-12(26-27-18-25-15(23-4)16(24-5)30(18)7)13(9-14(11)29(10)6)28-33(31,32-22)17(20)21/h8-10,17H,1-3,6-7H3. The summed E-state index contributed by atoms with van der Waals surface area (Å²) < 4.78 is 58.9. The monoisotopic (exact) mass is 480 g/mol. The lowest BCUT2D eigenvalue weighted by Crippen LogP contribution is -2.36. The van der Waals surface area contributed by atoms with Crippen molar-refractivity contribution in [3.8, 4) is 0 Å². The molecule has 0 spiro atoms. The molecule has 0 saturated heterocycles. The number of benzene rings is 1. The van der Waals surface area contributed by atoms with Crippen LogP contribution in [0.15, 0.2) is 26.7 Å². The molecule has 33 heavy (non-hydrogen) atoms. The van der Waals surface area contributed by atoms with Crippen molar-refractivity contribution in [3.63, 3.8) is 0 Å². The molecule has 1 aromatic heterocycles. The smallest absolute Gasteiger partial charge is 0.373 e. The molecule has 1 aromatic carbocycles. The number of likely N-dealkylation sites (N-methyl/N-ethyl adjacent to an activating group) is 1. The van der Waals surface area contributed by atoms with E-state index in [0.717, 1.165) is 5.56 Å². The lowest BCUT2D eigenvalue weighted by molar-refractivity contribution is -0.000950. The van der Waals surface area contributed by atoms with E-state index in [1.165, 1.54) is 23.7 Å². The predicted octanol–water partition coefficient (Wildman–Crippen LogP) is 6.19. The normalized spacial score (nSPS) is 18.8. The Morgan fingerprint density at radius 1 is 1.21 bits per heavy atom. The number of imidazole rings is 1. The first-order valence-corrected chi connectivity index (χ1v) is 10.9. The molecule has 2 atom stereocenters. The van der Waals surface area contributed by atoms with Crippen molar-refractivity contribution < 1.29 is 21.9 Å². The average Bonchev–Trinajstić information content (AvgIpc) is 3.18. The van der Waals surface area contributed by atoms with E-state index >= 15 is 0 Å². The minimum Gasteiger partial charge on any atom is -0.373 e. The van der Waals surface area contributed by atoms with E-state index < -0.39 is 15.8 Å². The molecule has 1 aliphatic heterocycles. The van der Waals surface area contributed by atoms with Crippen LogP contribution in [0.25, 0.3) is 9.69 Å². The second-order valence-corrected chi connectivity index (χ2v) is 9.53. The first-order chi connectivity index (χ1) is 15.4. The van der Waals surface area contributed by atoms with Crippen LogP contribution >= 0.6 is 0 Å². The Balaban J connectivity index is 2.26. The molecule has 14 heteroatoms. The van der Waals surface area contributed by atoms with Crippen LogP contribution < -0.4 is 4.90 Å². The second kappa shape index (κ2) is 8.46. The Labute approximate surface area is 188 Å². The maximum Gasteiger partial charge on any atom is 0.416 e. The Morgan fingerprint density at radius 3 is 2.39 bits per heavy atom. The van der Waals surface area contributed by atoms with Crippen LogP contribution in [-0.2, 0) is 26.9 Å². The van der Waals surface area contributed by atoms with E-state index in [1.54, 1.807) is 7.05 Å². The molecule has 0 N–H and O–H groups in total. The van der Waals surface area contributed by atoms with Gasteiger partial charge in [-0.3, -0.25) is 0 Å². The minimum atomic E-state index is -4.99. The van der Waals surface area contributed by atoms with Crippen molar-refractivity contribution in [1.82, 2.24) is 9.55 Å². The third-order valence-electron chi connectivity index (χ3n) is 5.82. The number of hydrogen-bond acceptors (Lipinski definition) is 7. The fraction of sp³-hybridized carbons (Fsp3) is 0.421. The minimum absolute atomic E-state index is 0.00130. The number of anilines is 1. The Kier molecular flexibility index (Phi) is 6.19. The zero-order valence-corrected chi connectivity index (χ0v) is 19.1. The van der Waals surface area contributed by atoms with Crippen LogP contribution in [0.2, 0.25) is 0 Å². The van der Waals surface area contributed by atoms with Crippen LogP contribution in [0.4, 0.5) is 48.0 Å². The Morgan fingerprint density at radius 2 is 1.88 bits per heavy atom. The van der Waals surface area contributed by atoms with Gasteiger partial charge in [-0.15, -0.1) is 5.11 Å². The number of fused-ring (bicyclic) bond motifs is 1. The summed E-state index contributed by atoms with van der Waals surface area (Å²) in [6, 6.07) is 2.90. The SMILES string of the molecule is [C-]#[N+]c1nc(N=Nc2cc3c(cc2N=S(=O)(OF)C(F)F)N(C)C(C)C3(C)C)n(C)c1[N+]#[C-]. The van der Waals surface area contributed by atoms with Gasteiger partial charge in [-0.25, -0.2) is 8.78 Å². The lowest BCUT2D eigenvalue weighted by atomic mass is 9.81. The number of azo groups is 1. The molecule has 3 rings (SSSR count). The van der Waals surface area contributed by atoms with Gasteiger partial charge in [0.1, 0.15) is 11.4 Å². The molecule has 1 aliphatic rings. The highest BCUT2D eigenvalue weighted by Crippen LogP contribution is 2.49. The summed E-state index contributed by atoms with van der Waals surface area (Å²) in [4.78, 5) is 12.2. The molecule has 0 bridgehead atoms. The van der Waals surface area contributed by atoms with Crippen LogP contribution in [0, 0.1) is 13.1 Å². The van der Waals surface area contributed by atoms with E-state index in [4.69, 9.17) is 13.1 Å². The van der Waals surface area contributed by atoms with E-state index in [0.29, 0.717) is 5.69 Å². The van der Waals surface area contributed by atoms with Gasteiger partial charge in [0.2, 0.25) is 0 Å². The third-order valence-corrected chi connectivity index (χ3v) is 6.90. The van der Waals surface area contributed by atoms with Crippen molar-refractivity contribution in [3.05, 3.63) is 40.5 Å². The fourth-order valence-corrected chi connectivity index (χ4v) is 4.10.